The van der Waals surface area contributed by atoms with Gasteiger partial charge in [-0.1, -0.05) is 63.3 Å². The molecule has 1 rings (SSSR count). The second-order valence-electron chi connectivity index (χ2n) is 7.66. The van der Waals surface area contributed by atoms with E-state index in [2.05, 4.69) is 36.1 Å². The van der Waals surface area contributed by atoms with Crippen molar-refractivity contribution in [1.29, 1.82) is 0 Å². The Hall–Kier alpha value is -1.000. The normalized spacial score (nSPS) is 16.8. The van der Waals surface area contributed by atoms with Crippen LogP contribution in [0.5, 0.6) is 0 Å². The summed E-state index contributed by atoms with van der Waals surface area (Å²) in [5.74, 6) is -3.09. The molecule has 0 aliphatic carbocycles. The number of hydrogen-bond acceptors (Lipinski definition) is 7. The summed E-state index contributed by atoms with van der Waals surface area (Å²) in [7, 11) is -4.96. The number of imide groups is 1. The van der Waals surface area contributed by atoms with Gasteiger partial charge in [0.25, 0.3) is 11.8 Å². The van der Waals surface area contributed by atoms with Crippen LogP contribution in [0.15, 0.2) is 24.3 Å². The molecule has 8 nitrogen and oxygen atoms in total. The van der Waals surface area contributed by atoms with Crippen molar-refractivity contribution >= 4 is 27.9 Å². The van der Waals surface area contributed by atoms with Crippen molar-refractivity contribution in [1.82, 2.24) is 5.06 Å². The van der Waals surface area contributed by atoms with E-state index < -0.39 is 39.6 Å². The van der Waals surface area contributed by atoms with E-state index in [-0.39, 0.29) is 41.0 Å². The Balaban J connectivity index is 0.00000961. The van der Waals surface area contributed by atoms with Crippen molar-refractivity contribution in [2.75, 3.05) is 0 Å². The molecule has 0 radical (unpaired) electrons. The van der Waals surface area contributed by atoms with E-state index in [1.54, 1.807) is 0 Å². The van der Waals surface area contributed by atoms with Gasteiger partial charge in [-0.15, -0.1) is 5.06 Å². The molecule has 2 amide bonds. The molecule has 0 bridgehead atoms. The van der Waals surface area contributed by atoms with Crippen LogP contribution in [0.1, 0.15) is 90.4 Å². The van der Waals surface area contributed by atoms with Gasteiger partial charge in [0.15, 0.2) is 0 Å². The van der Waals surface area contributed by atoms with Gasteiger partial charge in [0.1, 0.15) is 15.4 Å². The Labute approximate surface area is 213 Å². The second-order valence-corrected chi connectivity index (χ2v) is 9.21. The zero-order valence-electron chi connectivity index (χ0n) is 19.3. The summed E-state index contributed by atoms with van der Waals surface area (Å²) in [5, 5.41) is -1.90. The summed E-state index contributed by atoms with van der Waals surface area (Å²) < 4.78 is 32.8. The van der Waals surface area contributed by atoms with E-state index in [0.29, 0.717) is 6.42 Å². The molecular formula is C22H34NNaO7S. The quantitative estimate of drug-likeness (QED) is 0.106. The van der Waals surface area contributed by atoms with Gasteiger partial charge in [-0.05, 0) is 38.5 Å². The Kier molecular flexibility index (Phi) is 16.9. The molecule has 1 unspecified atom stereocenters. The Morgan fingerprint density at radius 3 is 2.12 bits per heavy atom. The number of allylic oxidation sites excluding steroid dienone is 4. The summed E-state index contributed by atoms with van der Waals surface area (Å²) in [6, 6.07) is 0. The van der Waals surface area contributed by atoms with Crippen molar-refractivity contribution in [2.45, 2.75) is 95.6 Å². The van der Waals surface area contributed by atoms with E-state index in [4.69, 9.17) is 0 Å². The molecule has 0 aromatic carbocycles. The maximum Gasteiger partial charge on any atom is 1.00 e. The summed E-state index contributed by atoms with van der Waals surface area (Å²) >= 11 is 0. The molecule has 0 N–H and O–H groups in total. The number of rotatable bonds is 16. The first-order valence-corrected chi connectivity index (χ1v) is 12.6. The average Bonchev–Trinajstić information content (AvgIpc) is 2.99. The molecule has 1 fully saturated rings. The maximum absolute atomic E-state index is 11.8. The largest absolute Gasteiger partial charge is 1.00 e. The number of unbranched alkanes of at least 4 members (excludes halogenated alkanes) is 8. The van der Waals surface area contributed by atoms with Crippen LogP contribution in [0, 0.1) is 0 Å². The third-order valence-corrected chi connectivity index (χ3v) is 6.00. The molecule has 32 heavy (non-hydrogen) atoms. The zero-order chi connectivity index (χ0) is 23.1. The predicted molar refractivity (Wildman–Crippen MR) is 115 cm³/mol. The van der Waals surface area contributed by atoms with Crippen molar-refractivity contribution in [3.63, 3.8) is 0 Å². The van der Waals surface area contributed by atoms with Crippen LogP contribution in [-0.4, -0.2) is 41.1 Å². The number of hydrogen-bond donors (Lipinski definition) is 0. The third kappa shape index (κ3) is 12.9. The van der Waals surface area contributed by atoms with Gasteiger partial charge >= 0.3 is 35.5 Å². The number of carbonyl (C=O) groups excluding carboxylic acids is 3. The van der Waals surface area contributed by atoms with Gasteiger partial charge in [0.2, 0.25) is 0 Å². The number of amides is 2. The van der Waals surface area contributed by atoms with Crippen molar-refractivity contribution < 1.29 is 61.7 Å². The molecule has 176 valence electrons. The molecule has 0 aromatic heterocycles. The van der Waals surface area contributed by atoms with Crippen LogP contribution in [0.4, 0.5) is 0 Å². The minimum atomic E-state index is -4.96. The SMILES string of the molecule is CCCCC/C=C\C/C=C\CCCCCCCC(=O)ON1C(=O)CC(S(=O)(=O)[O-])C1=O.[Na+]. The molecular weight excluding hydrogens is 445 g/mol. The molecule has 10 heteroatoms. The van der Waals surface area contributed by atoms with E-state index in [0.717, 1.165) is 44.9 Å². The fourth-order valence-corrected chi connectivity index (χ4v) is 3.82. The van der Waals surface area contributed by atoms with Gasteiger partial charge in [0.05, 0.1) is 6.42 Å². The van der Waals surface area contributed by atoms with Crippen LogP contribution in [0.25, 0.3) is 0 Å². The van der Waals surface area contributed by atoms with Crippen molar-refractivity contribution in [3.05, 3.63) is 24.3 Å². The summed E-state index contributed by atoms with van der Waals surface area (Å²) in [4.78, 5) is 39.8. The van der Waals surface area contributed by atoms with Gasteiger partial charge < -0.3 is 9.39 Å². The monoisotopic (exact) mass is 479 g/mol. The van der Waals surface area contributed by atoms with Gasteiger partial charge in [-0.2, -0.15) is 0 Å². The van der Waals surface area contributed by atoms with Crippen molar-refractivity contribution in [3.8, 4) is 0 Å². The molecule has 0 saturated carbocycles. The van der Waals surface area contributed by atoms with Gasteiger partial charge in [-0.25, -0.2) is 13.2 Å². The van der Waals surface area contributed by atoms with Crippen LogP contribution >= 0.6 is 0 Å². The first-order valence-electron chi connectivity index (χ1n) is 11.1. The number of carbonyl (C=O) groups is 3. The van der Waals surface area contributed by atoms with Crippen LogP contribution in [0.3, 0.4) is 0 Å². The molecule has 1 aliphatic heterocycles. The topological polar surface area (TPSA) is 121 Å². The fourth-order valence-electron chi connectivity index (χ4n) is 3.13. The summed E-state index contributed by atoms with van der Waals surface area (Å²) in [6.07, 6.45) is 19.4. The van der Waals surface area contributed by atoms with E-state index in [1.807, 2.05) is 0 Å². The Morgan fingerprint density at radius 2 is 1.56 bits per heavy atom. The molecule has 0 aromatic rings. The maximum atomic E-state index is 11.8. The van der Waals surface area contributed by atoms with Gasteiger partial charge in [0, 0.05) is 6.42 Å². The molecule has 1 atom stereocenters. The minimum Gasteiger partial charge on any atom is -0.747 e. The standard InChI is InChI=1S/C22H35NO7S.Na/c1-2-3-4-5-6-7-8-9-10-11-12-13-14-15-16-17-21(25)30-23-20(24)18-19(22(23)26)31(27,28)29;/h6-7,9-10,19H,2-5,8,11-18H2,1H3,(H,27,28,29);/q;+1/p-1/b7-6-,10-9-;. The smallest absolute Gasteiger partial charge is 0.747 e. The zero-order valence-corrected chi connectivity index (χ0v) is 22.1. The van der Waals surface area contributed by atoms with E-state index in [9.17, 15) is 27.4 Å². The number of hydroxylamine groups is 2. The fraction of sp³-hybridized carbons (Fsp3) is 0.682. The predicted octanol–water partition coefficient (Wildman–Crippen LogP) is 0.935. The number of nitrogens with zero attached hydrogens (tertiary/aromatic N) is 1. The summed E-state index contributed by atoms with van der Waals surface area (Å²) in [6.45, 7) is 2.20. The third-order valence-electron chi connectivity index (χ3n) is 4.94. The molecule has 1 aliphatic rings. The minimum absolute atomic E-state index is 0. The second kappa shape index (κ2) is 17.5. The van der Waals surface area contributed by atoms with E-state index >= 15 is 0 Å². The first-order chi connectivity index (χ1) is 14.8. The Bertz CT molecular complexity index is 749. The first kappa shape index (κ1) is 31.0. The van der Waals surface area contributed by atoms with Gasteiger partial charge in [-0.3, -0.25) is 9.59 Å². The summed E-state index contributed by atoms with van der Waals surface area (Å²) in [5.41, 5.74) is 0. The molecule has 1 heterocycles. The van der Waals surface area contributed by atoms with Crippen LogP contribution < -0.4 is 29.6 Å². The molecule has 1 saturated heterocycles. The Morgan fingerprint density at radius 1 is 1.00 bits per heavy atom. The van der Waals surface area contributed by atoms with Crippen LogP contribution in [0.2, 0.25) is 0 Å². The molecule has 0 spiro atoms. The van der Waals surface area contributed by atoms with E-state index in [1.165, 1.54) is 19.3 Å². The van der Waals surface area contributed by atoms with Crippen molar-refractivity contribution in [2.24, 2.45) is 0 Å². The van der Waals surface area contributed by atoms with Crippen LogP contribution in [-0.2, 0) is 29.3 Å². The average molecular weight is 480 g/mol.